The Hall–Kier alpha value is -2.27. The molecule has 0 aromatic heterocycles. The summed E-state index contributed by atoms with van der Waals surface area (Å²) in [6.45, 7) is 4.14. The van der Waals surface area contributed by atoms with Gasteiger partial charge in [0.1, 0.15) is 5.37 Å². The fourth-order valence-corrected chi connectivity index (χ4v) is 4.51. The second kappa shape index (κ2) is 9.09. The van der Waals surface area contributed by atoms with Crippen LogP contribution in [0.2, 0.25) is 0 Å². The van der Waals surface area contributed by atoms with Gasteiger partial charge in [0.15, 0.2) is 0 Å². The lowest BCUT2D eigenvalue weighted by atomic mass is 10.1. The third-order valence-corrected chi connectivity index (χ3v) is 5.81. The van der Waals surface area contributed by atoms with Gasteiger partial charge in [0, 0.05) is 17.8 Å². The molecule has 4 nitrogen and oxygen atoms in total. The van der Waals surface area contributed by atoms with Gasteiger partial charge < -0.3 is 5.32 Å². The molecule has 5 heteroatoms. The van der Waals surface area contributed by atoms with E-state index in [-0.39, 0.29) is 17.2 Å². The van der Waals surface area contributed by atoms with Gasteiger partial charge in [-0.2, -0.15) is 0 Å². The molecular weight excluding hydrogens is 356 g/mol. The highest BCUT2D eigenvalue weighted by molar-refractivity contribution is 8.00. The zero-order valence-electron chi connectivity index (χ0n) is 15.9. The molecule has 27 heavy (non-hydrogen) atoms. The number of carbonyl (C=O) groups excluding carboxylic acids is 2. The van der Waals surface area contributed by atoms with Crippen LogP contribution < -0.4 is 10.2 Å². The number of thioether (sulfide) groups is 1. The van der Waals surface area contributed by atoms with E-state index in [1.165, 1.54) is 5.56 Å². The Kier molecular flexibility index (Phi) is 6.56. The van der Waals surface area contributed by atoms with Gasteiger partial charge >= 0.3 is 0 Å². The number of nitrogens with one attached hydrogen (secondary N) is 1. The third kappa shape index (κ3) is 4.53. The van der Waals surface area contributed by atoms with Crippen molar-refractivity contribution in [2.75, 3.05) is 16.0 Å². The number of hydrogen-bond acceptors (Lipinski definition) is 3. The van der Waals surface area contributed by atoms with Crippen molar-refractivity contribution >= 4 is 35.0 Å². The summed E-state index contributed by atoms with van der Waals surface area (Å²) in [4.78, 5) is 26.3. The predicted molar refractivity (Wildman–Crippen MR) is 113 cm³/mol. The van der Waals surface area contributed by atoms with Crippen molar-refractivity contribution < 1.29 is 9.59 Å². The van der Waals surface area contributed by atoms with Crippen molar-refractivity contribution in [1.82, 2.24) is 0 Å². The van der Waals surface area contributed by atoms with Crippen LogP contribution in [0.1, 0.15) is 49.6 Å². The quantitative estimate of drug-likeness (QED) is 0.720. The molecule has 1 atom stereocenters. The van der Waals surface area contributed by atoms with Gasteiger partial charge in [0.25, 0.3) is 0 Å². The first-order chi connectivity index (χ1) is 13.1. The molecule has 3 rings (SSSR count). The lowest BCUT2D eigenvalue weighted by Crippen LogP contribution is -2.28. The molecule has 0 saturated carbocycles. The number of benzene rings is 2. The molecule has 0 radical (unpaired) electrons. The SMILES string of the molecule is CCCC(=O)Nc1ccc(C2SCC(=O)N2c2ccccc2CCC)cc1. The lowest BCUT2D eigenvalue weighted by molar-refractivity contribution is -0.116. The number of carbonyl (C=O) groups is 2. The molecule has 0 aliphatic carbocycles. The second-order valence-corrected chi connectivity index (χ2v) is 7.79. The normalized spacial score (nSPS) is 16.6. The first-order valence-corrected chi connectivity index (χ1v) is 10.6. The average molecular weight is 383 g/mol. The van der Waals surface area contributed by atoms with Crippen LogP contribution in [0.5, 0.6) is 0 Å². The van der Waals surface area contributed by atoms with Gasteiger partial charge in [-0.3, -0.25) is 14.5 Å². The number of nitrogens with zero attached hydrogens (tertiary/aromatic N) is 1. The molecule has 1 unspecified atom stereocenters. The van der Waals surface area contributed by atoms with Crippen molar-refractivity contribution in [2.24, 2.45) is 0 Å². The molecule has 2 amide bonds. The lowest BCUT2D eigenvalue weighted by Gasteiger charge is -2.26. The minimum Gasteiger partial charge on any atom is -0.326 e. The Morgan fingerprint density at radius 2 is 1.85 bits per heavy atom. The minimum absolute atomic E-state index is 0.0316. The summed E-state index contributed by atoms with van der Waals surface area (Å²) in [6.07, 6.45) is 3.36. The van der Waals surface area contributed by atoms with Crippen LogP contribution in [0.4, 0.5) is 11.4 Å². The fourth-order valence-electron chi connectivity index (χ4n) is 3.34. The summed E-state index contributed by atoms with van der Waals surface area (Å²) >= 11 is 1.65. The van der Waals surface area contributed by atoms with Crippen LogP contribution in [0.25, 0.3) is 0 Å². The maximum absolute atomic E-state index is 12.6. The van der Waals surface area contributed by atoms with E-state index in [2.05, 4.69) is 18.3 Å². The van der Waals surface area contributed by atoms with E-state index in [1.54, 1.807) is 11.8 Å². The Labute approximate surface area is 165 Å². The maximum Gasteiger partial charge on any atom is 0.238 e. The third-order valence-electron chi connectivity index (χ3n) is 4.60. The van der Waals surface area contributed by atoms with Crippen LogP contribution >= 0.6 is 11.8 Å². The molecular formula is C22H26N2O2S. The molecule has 2 aromatic rings. The molecule has 1 aliphatic heterocycles. The van der Waals surface area contributed by atoms with Gasteiger partial charge in [-0.05, 0) is 42.2 Å². The topological polar surface area (TPSA) is 49.4 Å². The van der Waals surface area contributed by atoms with Gasteiger partial charge in [-0.25, -0.2) is 0 Å². The van der Waals surface area contributed by atoms with E-state index >= 15 is 0 Å². The van der Waals surface area contributed by atoms with Crippen LogP contribution in [-0.2, 0) is 16.0 Å². The van der Waals surface area contributed by atoms with Gasteiger partial charge in [0.2, 0.25) is 11.8 Å². The molecule has 2 aromatic carbocycles. The van der Waals surface area contributed by atoms with Gasteiger partial charge in [0.05, 0.1) is 5.75 Å². The average Bonchev–Trinajstić information content (AvgIpc) is 3.05. The monoisotopic (exact) mass is 382 g/mol. The molecule has 1 N–H and O–H groups in total. The zero-order valence-corrected chi connectivity index (χ0v) is 16.7. The standard InChI is InChI=1S/C22H26N2O2S/c1-3-7-16-9-5-6-10-19(16)24-21(26)15-27-22(24)17-11-13-18(14-12-17)23-20(25)8-4-2/h5-6,9-14,22H,3-4,7-8,15H2,1-2H3,(H,23,25). The van der Waals surface area contributed by atoms with E-state index in [1.807, 2.05) is 54.3 Å². The van der Waals surface area contributed by atoms with E-state index in [0.29, 0.717) is 12.2 Å². The second-order valence-electron chi connectivity index (χ2n) is 6.73. The molecule has 1 aliphatic rings. The molecule has 1 saturated heterocycles. The predicted octanol–water partition coefficient (Wildman–Crippen LogP) is 5.16. The maximum atomic E-state index is 12.6. The summed E-state index contributed by atoms with van der Waals surface area (Å²) in [7, 11) is 0. The van der Waals surface area contributed by atoms with Crippen molar-refractivity contribution in [3.05, 3.63) is 59.7 Å². The number of anilines is 2. The van der Waals surface area contributed by atoms with Crippen LogP contribution in [0.3, 0.4) is 0 Å². The zero-order chi connectivity index (χ0) is 19.2. The van der Waals surface area contributed by atoms with Crippen molar-refractivity contribution in [3.8, 4) is 0 Å². The van der Waals surface area contributed by atoms with E-state index < -0.39 is 0 Å². The highest BCUT2D eigenvalue weighted by Crippen LogP contribution is 2.43. The van der Waals surface area contributed by atoms with Crippen molar-refractivity contribution in [2.45, 2.75) is 44.9 Å². The molecule has 1 heterocycles. The van der Waals surface area contributed by atoms with E-state index in [0.717, 1.165) is 36.2 Å². The molecule has 0 bridgehead atoms. The molecule has 142 valence electrons. The highest BCUT2D eigenvalue weighted by Gasteiger charge is 2.34. The first kappa shape index (κ1) is 19.5. The van der Waals surface area contributed by atoms with E-state index in [4.69, 9.17) is 0 Å². The Bertz CT molecular complexity index is 804. The van der Waals surface area contributed by atoms with Crippen LogP contribution in [-0.4, -0.2) is 17.6 Å². The fraction of sp³-hybridized carbons (Fsp3) is 0.364. The summed E-state index contributed by atoms with van der Waals surface area (Å²) in [5.74, 6) is 0.666. The van der Waals surface area contributed by atoms with Crippen LogP contribution in [0, 0.1) is 0 Å². The van der Waals surface area contributed by atoms with Gasteiger partial charge in [-0.15, -0.1) is 11.8 Å². The van der Waals surface area contributed by atoms with Crippen molar-refractivity contribution in [1.29, 1.82) is 0 Å². The summed E-state index contributed by atoms with van der Waals surface area (Å²) in [6, 6.07) is 16.0. The number of hydrogen-bond donors (Lipinski definition) is 1. The summed E-state index contributed by atoms with van der Waals surface area (Å²) in [5.41, 5.74) is 4.10. The minimum atomic E-state index is -0.0316. The Morgan fingerprint density at radius 3 is 2.56 bits per heavy atom. The number of rotatable bonds is 7. The van der Waals surface area contributed by atoms with E-state index in [9.17, 15) is 9.59 Å². The summed E-state index contributed by atoms with van der Waals surface area (Å²) < 4.78 is 0. The smallest absolute Gasteiger partial charge is 0.238 e. The highest BCUT2D eigenvalue weighted by atomic mass is 32.2. The number of aryl methyl sites for hydroxylation is 1. The molecule has 0 spiro atoms. The number of amides is 2. The summed E-state index contributed by atoms with van der Waals surface area (Å²) in [5, 5.41) is 2.88. The van der Waals surface area contributed by atoms with Gasteiger partial charge in [-0.1, -0.05) is 50.6 Å². The first-order valence-electron chi connectivity index (χ1n) is 9.55. The number of para-hydroxylation sites is 1. The Morgan fingerprint density at radius 1 is 1.11 bits per heavy atom. The van der Waals surface area contributed by atoms with Crippen molar-refractivity contribution in [3.63, 3.8) is 0 Å². The molecule has 1 fully saturated rings. The largest absolute Gasteiger partial charge is 0.326 e. The van der Waals surface area contributed by atoms with Crippen LogP contribution in [0.15, 0.2) is 48.5 Å². The Balaban J connectivity index is 1.83.